The fourth-order valence-electron chi connectivity index (χ4n) is 1.58. The first-order valence-electron chi connectivity index (χ1n) is 6.15. The summed E-state index contributed by atoms with van der Waals surface area (Å²) in [7, 11) is 0. The lowest BCUT2D eigenvalue weighted by Crippen LogP contribution is -2.02. The average Bonchev–Trinajstić information content (AvgIpc) is 2.42. The molecule has 1 aromatic carbocycles. The Balaban J connectivity index is 0.000000861. The molecule has 100 valence electrons. The summed E-state index contributed by atoms with van der Waals surface area (Å²) in [5, 5.41) is 8.32. The Morgan fingerprint density at radius 1 is 1.16 bits per heavy atom. The molecule has 0 amide bonds. The van der Waals surface area contributed by atoms with Crippen LogP contribution in [0.15, 0.2) is 36.5 Å². The highest BCUT2D eigenvalue weighted by Crippen LogP contribution is 2.23. The molecule has 3 N–H and O–H groups in total. The molecule has 2 rings (SSSR count). The normalized spacial score (nSPS) is 9.47. The minimum absolute atomic E-state index is 0.384. The van der Waals surface area contributed by atoms with E-state index in [-0.39, 0.29) is 0 Å². The Hall–Kier alpha value is -1.87. The van der Waals surface area contributed by atoms with Gasteiger partial charge in [0.15, 0.2) is 0 Å². The highest BCUT2D eigenvalue weighted by atomic mass is 35.5. The third kappa shape index (κ3) is 3.80. The van der Waals surface area contributed by atoms with Crippen LogP contribution in [0.4, 0.5) is 5.82 Å². The largest absolute Gasteiger partial charge is 0.383 e. The highest BCUT2D eigenvalue weighted by Gasteiger charge is 2.06. The van der Waals surface area contributed by atoms with Crippen molar-refractivity contribution >= 4 is 23.1 Å². The van der Waals surface area contributed by atoms with Crippen molar-refractivity contribution in [3.8, 4) is 11.1 Å². The predicted molar refractivity (Wildman–Crippen MR) is 82.9 cm³/mol. The van der Waals surface area contributed by atoms with E-state index >= 15 is 0 Å². The summed E-state index contributed by atoms with van der Waals surface area (Å²) in [4.78, 5) is 4.10. The summed E-state index contributed by atoms with van der Waals surface area (Å²) in [5.74, 6) is 0.384. The molecule has 0 aliphatic heterocycles. The fourth-order valence-corrected chi connectivity index (χ4v) is 1.70. The number of rotatable bonds is 2. The first-order chi connectivity index (χ1) is 9.08. The van der Waals surface area contributed by atoms with Crippen LogP contribution in [0.2, 0.25) is 5.02 Å². The van der Waals surface area contributed by atoms with E-state index in [0.717, 1.165) is 11.1 Å². The number of nitrogens with two attached hydrogens (primary N) is 1. The number of nitrogens with zero attached hydrogens (tertiary/aromatic N) is 1. The van der Waals surface area contributed by atoms with Crippen molar-refractivity contribution in [3.05, 3.63) is 47.1 Å². The molecule has 0 aliphatic rings. The zero-order valence-corrected chi connectivity index (χ0v) is 12.1. The first-order valence-corrected chi connectivity index (χ1v) is 6.52. The van der Waals surface area contributed by atoms with Crippen molar-refractivity contribution in [3.63, 3.8) is 0 Å². The number of pyridine rings is 1. The van der Waals surface area contributed by atoms with Crippen molar-refractivity contribution in [2.24, 2.45) is 0 Å². The van der Waals surface area contributed by atoms with E-state index in [4.69, 9.17) is 22.7 Å². The molecule has 0 aliphatic carbocycles. The van der Waals surface area contributed by atoms with E-state index in [2.05, 4.69) is 4.98 Å². The summed E-state index contributed by atoms with van der Waals surface area (Å²) in [6.07, 6.45) is 1.70. The van der Waals surface area contributed by atoms with E-state index in [9.17, 15) is 0 Å². The van der Waals surface area contributed by atoms with Crippen LogP contribution in [0.3, 0.4) is 0 Å². The van der Waals surface area contributed by atoms with Gasteiger partial charge in [-0.1, -0.05) is 37.6 Å². The van der Waals surface area contributed by atoms with E-state index in [1.807, 2.05) is 44.2 Å². The monoisotopic (exact) mass is 275 g/mol. The SMILES string of the molecule is CC.CC(=N)c1cc(-c2ccc(Cl)cc2)cnc1N. The quantitative estimate of drug-likeness (QED) is 0.798. The van der Waals surface area contributed by atoms with Crippen LogP contribution in [-0.4, -0.2) is 10.7 Å². The van der Waals surface area contributed by atoms with Gasteiger partial charge in [-0.15, -0.1) is 0 Å². The summed E-state index contributed by atoms with van der Waals surface area (Å²) >= 11 is 5.84. The third-order valence-corrected chi connectivity index (χ3v) is 2.75. The lowest BCUT2D eigenvalue weighted by atomic mass is 10.0. The second kappa shape index (κ2) is 6.90. The molecule has 2 aromatic rings. The minimum atomic E-state index is 0.384. The zero-order valence-electron chi connectivity index (χ0n) is 11.4. The Morgan fingerprint density at radius 3 is 2.26 bits per heavy atom. The van der Waals surface area contributed by atoms with Crippen molar-refractivity contribution in [1.82, 2.24) is 4.98 Å². The maximum atomic E-state index is 7.63. The van der Waals surface area contributed by atoms with Gasteiger partial charge in [-0.05, 0) is 30.7 Å². The van der Waals surface area contributed by atoms with E-state index < -0.39 is 0 Å². The summed E-state index contributed by atoms with van der Waals surface area (Å²) in [6, 6.07) is 9.35. The van der Waals surface area contributed by atoms with Crippen molar-refractivity contribution in [2.45, 2.75) is 20.8 Å². The third-order valence-electron chi connectivity index (χ3n) is 2.50. The van der Waals surface area contributed by atoms with Gasteiger partial charge in [0.05, 0.1) is 0 Å². The van der Waals surface area contributed by atoms with Gasteiger partial charge in [0.25, 0.3) is 0 Å². The Bertz CT molecular complexity index is 562. The van der Waals surface area contributed by atoms with Gasteiger partial charge in [-0.25, -0.2) is 4.98 Å². The molecule has 1 aromatic heterocycles. The Labute approximate surface area is 119 Å². The highest BCUT2D eigenvalue weighted by molar-refractivity contribution is 6.30. The van der Waals surface area contributed by atoms with Crippen LogP contribution < -0.4 is 5.73 Å². The molecule has 0 fully saturated rings. The number of benzene rings is 1. The summed E-state index contributed by atoms with van der Waals surface area (Å²) in [6.45, 7) is 5.69. The van der Waals surface area contributed by atoms with E-state index in [1.165, 1.54) is 0 Å². The maximum Gasteiger partial charge on any atom is 0.132 e. The second-order valence-electron chi connectivity index (χ2n) is 3.79. The van der Waals surface area contributed by atoms with Crippen molar-refractivity contribution in [1.29, 1.82) is 5.41 Å². The molecule has 0 spiro atoms. The minimum Gasteiger partial charge on any atom is -0.383 e. The van der Waals surface area contributed by atoms with Gasteiger partial charge in [-0.3, -0.25) is 0 Å². The lowest BCUT2D eigenvalue weighted by molar-refractivity contribution is 1.31. The number of hydrogen-bond acceptors (Lipinski definition) is 3. The van der Waals surface area contributed by atoms with Crippen molar-refractivity contribution < 1.29 is 0 Å². The molecule has 0 saturated heterocycles. The molecular weight excluding hydrogens is 258 g/mol. The topological polar surface area (TPSA) is 62.8 Å². The number of nitrogen functional groups attached to an aromatic ring is 1. The van der Waals surface area contributed by atoms with Crippen LogP contribution in [0.5, 0.6) is 0 Å². The molecule has 4 heteroatoms. The van der Waals surface area contributed by atoms with Crippen LogP contribution in [0, 0.1) is 5.41 Å². The van der Waals surface area contributed by atoms with Crippen LogP contribution in [0.25, 0.3) is 11.1 Å². The van der Waals surface area contributed by atoms with Gasteiger partial charge >= 0.3 is 0 Å². The number of anilines is 1. The number of hydrogen-bond donors (Lipinski definition) is 2. The van der Waals surface area contributed by atoms with E-state index in [0.29, 0.717) is 22.1 Å². The second-order valence-corrected chi connectivity index (χ2v) is 4.23. The number of aromatic nitrogens is 1. The van der Waals surface area contributed by atoms with Gasteiger partial charge < -0.3 is 11.1 Å². The first kappa shape index (κ1) is 15.2. The molecular formula is C15H18ClN3. The van der Waals surface area contributed by atoms with Gasteiger partial charge in [0.2, 0.25) is 0 Å². The smallest absolute Gasteiger partial charge is 0.132 e. The van der Waals surface area contributed by atoms with Gasteiger partial charge in [0, 0.05) is 28.1 Å². The van der Waals surface area contributed by atoms with Crippen molar-refractivity contribution in [2.75, 3.05) is 5.73 Å². The predicted octanol–water partition coefficient (Wildman–Crippen LogP) is 4.40. The van der Waals surface area contributed by atoms with Gasteiger partial charge in [0.1, 0.15) is 5.82 Å². The Morgan fingerprint density at radius 2 is 1.74 bits per heavy atom. The molecule has 0 unspecified atom stereocenters. The Kier molecular flexibility index (Phi) is 5.52. The van der Waals surface area contributed by atoms with Crippen LogP contribution in [-0.2, 0) is 0 Å². The summed E-state index contributed by atoms with van der Waals surface area (Å²) < 4.78 is 0. The maximum absolute atomic E-state index is 7.63. The lowest BCUT2D eigenvalue weighted by Gasteiger charge is -2.07. The molecule has 0 bridgehead atoms. The summed E-state index contributed by atoms with van der Waals surface area (Å²) in [5.41, 5.74) is 8.72. The molecule has 0 radical (unpaired) electrons. The van der Waals surface area contributed by atoms with E-state index in [1.54, 1.807) is 13.1 Å². The zero-order chi connectivity index (χ0) is 14.4. The average molecular weight is 276 g/mol. The molecule has 1 heterocycles. The standard InChI is InChI=1S/C13H12ClN3.C2H6/c1-8(15)12-6-10(7-17-13(12)16)9-2-4-11(14)5-3-9;1-2/h2-7,15H,1H3,(H2,16,17);1-2H3. The molecule has 3 nitrogen and oxygen atoms in total. The number of halogens is 1. The fraction of sp³-hybridized carbons (Fsp3) is 0.200. The van der Waals surface area contributed by atoms with Gasteiger partial charge in [-0.2, -0.15) is 0 Å². The molecule has 0 atom stereocenters. The van der Waals surface area contributed by atoms with Crippen LogP contribution >= 0.6 is 11.6 Å². The molecule has 19 heavy (non-hydrogen) atoms. The number of nitrogens with one attached hydrogen (secondary N) is 1. The molecule has 0 saturated carbocycles. The van der Waals surface area contributed by atoms with Crippen LogP contribution in [0.1, 0.15) is 26.3 Å².